The van der Waals surface area contributed by atoms with E-state index in [1.54, 1.807) is 30.3 Å². The predicted molar refractivity (Wildman–Crippen MR) is 126 cm³/mol. The molecule has 0 spiro atoms. The van der Waals surface area contributed by atoms with E-state index >= 15 is 0 Å². The van der Waals surface area contributed by atoms with Crippen LogP contribution in [0.25, 0.3) is 6.08 Å². The number of halogens is 1. The number of benzene rings is 2. The first-order valence-electron chi connectivity index (χ1n) is 9.87. The van der Waals surface area contributed by atoms with Crippen LogP contribution < -0.4 is 10.1 Å². The van der Waals surface area contributed by atoms with Crippen LogP contribution in [0.3, 0.4) is 0 Å². The first-order chi connectivity index (χ1) is 15.7. The molecule has 0 aromatic heterocycles. The van der Waals surface area contributed by atoms with E-state index in [1.807, 2.05) is 13.8 Å². The summed E-state index contributed by atoms with van der Waals surface area (Å²) in [6.45, 7) is 3.37. The molecule has 1 saturated heterocycles. The molecule has 3 rings (SSSR count). The lowest BCUT2D eigenvalue weighted by atomic mass is 10.2. The van der Waals surface area contributed by atoms with E-state index in [4.69, 9.17) is 16.3 Å². The zero-order valence-corrected chi connectivity index (χ0v) is 19.7. The molecule has 0 atom stereocenters. The summed E-state index contributed by atoms with van der Waals surface area (Å²) in [7, 11) is 1.21. The zero-order chi connectivity index (χ0) is 24.1. The Labute approximate surface area is 199 Å². The van der Waals surface area contributed by atoms with E-state index in [-0.39, 0.29) is 27.3 Å². The number of nitrogens with zero attached hydrogens (tertiary/aromatic N) is 1. The number of thioether (sulfide) groups is 1. The fraction of sp³-hybridized carbons (Fsp3) is 0.217. The van der Waals surface area contributed by atoms with Crippen molar-refractivity contribution >= 4 is 58.1 Å². The van der Waals surface area contributed by atoms with Gasteiger partial charge in [-0.05, 0) is 67.6 Å². The van der Waals surface area contributed by atoms with Gasteiger partial charge >= 0.3 is 5.97 Å². The molecule has 10 heteroatoms. The van der Waals surface area contributed by atoms with Crippen LogP contribution in [0.1, 0.15) is 29.8 Å². The van der Waals surface area contributed by atoms with Crippen LogP contribution in [0.15, 0.2) is 47.4 Å². The van der Waals surface area contributed by atoms with Gasteiger partial charge in [0.1, 0.15) is 12.3 Å². The van der Waals surface area contributed by atoms with Crippen molar-refractivity contribution in [2.45, 2.75) is 20.0 Å². The second-order valence-electron chi connectivity index (χ2n) is 7.24. The fourth-order valence-electron chi connectivity index (χ4n) is 2.92. The van der Waals surface area contributed by atoms with Crippen molar-refractivity contribution in [3.63, 3.8) is 0 Å². The topological polar surface area (TPSA) is 102 Å². The minimum Gasteiger partial charge on any atom is -0.491 e. The third-order valence-electron chi connectivity index (χ3n) is 4.38. The molecule has 3 amide bonds. The van der Waals surface area contributed by atoms with E-state index in [2.05, 4.69) is 10.1 Å². The lowest BCUT2D eigenvalue weighted by Crippen LogP contribution is -2.36. The number of nitrogens with one attached hydrogen (secondary N) is 1. The number of rotatable bonds is 7. The summed E-state index contributed by atoms with van der Waals surface area (Å²) in [6.07, 6.45) is 1.63. The summed E-state index contributed by atoms with van der Waals surface area (Å²) >= 11 is 6.73. The Morgan fingerprint density at radius 2 is 1.85 bits per heavy atom. The first kappa shape index (κ1) is 24.3. The van der Waals surface area contributed by atoms with Crippen molar-refractivity contribution in [1.29, 1.82) is 0 Å². The van der Waals surface area contributed by atoms with E-state index < -0.39 is 29.6 Å². The maximum atomic E-state index is 12.7. The molecule has 0 unspecified atom stereocenters. The van der Waals surface area contributed by atoms with Gasteiger partial charge in [-0.3, -0.25) is 19.3 Å². The van der Waals surface area contributed by atoms with Crippen molar-refractivity contribution in [3.05, 3.63) is 63.5 Å². The first-order valence-corrected chi connectivity index (χ1v) is 11.1. The van der Waals surface area contributed by atoms with E-state index in [1.165, 1.54) is 25.3 Å². The lowest BCUT2D eigenvalue weighted by Gasteiger charge is -2.13. The molecule has 172 valence electrons. The number of imide groups is 1. The molecule has 1 heterocycles. The summed E-state index contributed by atoms with van der Waals surface area (Å²) in [5, 5.41) is 2.17. The van der Waals surface area contributed by atoms with Gasteiger partial charge in [0, 0.05) is 5.69 Å². The van der Waals surface area contributed by atoms with Crippen LogP contribution >= 0.6 is 23.4 Å². The SMILES string of the molecule is COC(=O)c1cc(NC(=O)CN2C(=O)S/C(=C\c3ccc(OC(C)C)cc3)C2=O)ccc1Cl. The average Bonchev–Trinajstić information content (AvgIpc) is 3.02. The molecule has 2 aromatic carbocycles. The molecule has 1 N–H and O–H groups in total. The molecule has 0 saturated carbocycles. The Hall–Kier alpha value is -3.30. The maximum absolute atomic E-state index is 12.7. The Morgan fingerprint density at radius 1 is 1.15 bits per heavy atom. The summed E-state index contributed by atoms with van der Waals surface area (Å²) in [4.78, 5) is 50.3. The van der Waals surface area contributed by atoms with Gasteiger partial charge in [-0.1, -0.05) is 23.7 Å². The van der Waals surface area contributed by atoms with E-state index in [0.717, 1.165) is 22.2 Å². The Balaban J connectivity index is 1.67. The molecule has 1 aliphatic rings. The van der Waals surface area contributed by atoms with Gasteiger partial charge in [0.25, 0.3) is 11.1 Å². The Bertz CT molecular complexity index is 1130. The van der Waals surface area contributed by atoms with Crippen LogP contribution in [0.2, 0.25) is 5.02 Å². The van der Waals surface area contributed by atoms with Crippen LogP contribution in [0, 0.1) is 0 Å². The number of ether oxygens (including phenoxy) is 2. The largest absolute Gasteiger partial charge is 0.491 e. The summed E-state index contributed by atoms with van der Waals surface area (Å²) in [6, 6.07) is 11.4. The van der Waals surface area contributed by atoms with Gasteiger partial charge in [-0.25, -0.2) is 4.79 Å². The number of esters is 1. The van der Waals surface area contributed by atoms with E-state index in [0.29, 0.717) is 5.75 Å². The van der Waals surface area contributed by atoms with Crippen molar-refractivity contribution in [2.24, 2.45) is 0 Å². The molecular weight excluding hydrogens is 468 g/mol. The fourth-order valence-corrected chi connectivity index (χ4v) is 3.95. The summed E-state index contributed by atoms with van der Waals surface area (Å²) in [5.41, 5.74) is 1.07. The minimum atomic E-state index is -0.657. The van der Waals surface area contributed by atoms with Crippen molar-refractivity contribution in [1.82, 2.24) is 4.90 Å². The normalized spacial score (nSPS) is 14.7. The van der Waals surface area contributed by atoms with Gasteiger partial charge < -0.3 is 14.8 Å². The highest BCUT2D eigenvalue weighted by molar-refractivity contribution is 8.18. The van der Waals surface area contributed by atoms with Crippen molar-refractivity contribution in [2.75, 3.05) is 19.0 Å². The predicted octanol–water partition coefficient (Wildman–Crippen LogP) is 4.59. The summed E-state index contributed by atoms with van der Waals surface area (Å²) < 4.78 is 10.2. The smallest absolute Gasteiger partial charge is 0.339 e. The van der Waals surface area contributed by atoms with E-state index in [9.17, 15) is 19.2 Å². The van der Waals surface area contributed by atoms with Crippen LogP contribution in [-0.4, -0.2) is 47.7 Å². The Morgan fingerprint density at radius 3 is 2.48 bits per heavy atom. The van der Waals surface area contributed by atoms with Gasteiger partial charge in [0.2, 0.25) is 5.91 Å². The standard InChI is InChI=1S/C23H21ClN2O6S/c1-13(2)32-16-7-4-14(5-8-16)10-19-21(28)26(23(30)33-19)12-20(27)25-15-6-9-18(24)17(11-15)22(29)31-3/h4-11,13H,12H2,1-3H3,(H,25,27)/b19-10-. The lowest BCUT2D eigenvalue weighted by molar-refractivity contribution is -0.127. The van der Waals surface area contributed by atoms with Crippen molar-refractivity contribution < 1.29 is 28.7 Å². The highest BCUT2D eigenvalue weighted by Crippen LogP contribution is 2.32. The quantitative estimate of drug-likeness (QED) is 0.449. The number of carbonyl (C=O) groups excluding carboxylic acids is 4. The third kappa shape index (κ3) is 6.15. The number of hydrogen-bond acceptors (Lipinski definition) is 7. The van der Waals surface area contributed by atoms with Gasteiger partial charge in [-0.2, -0.15) is 0 Å². The number of hydrogen-bond donors (Lipinski definition) is 1. The number of methoxy groups -OCH3 is 1. The molecule has 8 nitrogen and oxygen atoms in total. The number of amides is 3. The monoisotopic (exact) mass is 488 g/mol. The Kier molecular flexibility index (Phi) is 7.78. The minimum absolute atomic E-state index is 0.0402. The van der Waals surface area contributed by atoms with Crippen LogP contribution in [0.4, 0.5) is 10.5 Å². The number of anilines is 1. The second kappa shape index (κ2) is 10.5. The molecule has 0 radical (unpaired) electrons. The molecule has 0 bridgehead atoms. The molecule has 2 aromatic rings. The molecular formula is C23H21ClN2O6S. The molecule has 1 fully saturated rings. The number of carbonyl (C=O) groups is 4. The van der Waals surface area contributed by atoms with Gasteiger partial charge in [0.15, 0.2) is 0 Å². The maximum Gasteiger partial charge on any atom is 0.339 e. The summed E-state index contributed by atoms with van der Waals surface area (Å²) in [5.74, 6) is -1.12. The average molecular weight is 489 g/mol. The van der Waals surface area contributed by atoms with Gasteiger partial charge in [0.05, 0.1) is 28.7 Å². The second-order valence-corrected chi connectivity index (χ2v) is 8.64. The molecule has 1 aliphatic heterocycles. The third-order valence-corrected chi connectivity index (χ3v) is 5.62. The molecule has 33 heavy (non-hydrogen) atoms. The van der Waals surface area contributed by atoms with Crippen LogP contribution in [0.5, 0.6) is 5.75 Å². The van der Waals surface area contributed by atoms with Crippen LogP contribution in [-0.2, 0) is 14.3 Å². The molecule has 0 aliphatic carbocycles. The highest BCUT2D eigenvalue weighted by atomic mass is 35.5. The van der Waals surface area contributed by atoms with Gasteiger partial charge in [-0.15, -0.1) is 0 Å². The van der Waals surface area contributed by atoms with Crippen molar-refractivity contribution in [3.8, 4) is 5.75 Å². The highest BCUT2D eigenvalue weighted by Gasteiger charge is 2.36. The zero-order valence-electron chi connectivity index (χ0n) is 18.1.